The molecule has 1 aromatic heterocycles. The molecule has 1 unspecified atom stereocenters. The van der Waals surface area contributed by atoms with Crippen LogP contribution in [0.3, 0.4) is 0 Å². The summed E-state index contributed by atoms with van der Waals surface area (Å²) in [4.78, 5) is 133. The second-order valence-electron chi connectivity index (χ2n) is 26.1. The summed E-state index contributed by atoms with van der Waals surface area (Å²) in [7, 11) is 1.89. The zero-order chi connectivity index (χ0) is 72.5. The molecular formula is C70H96N8O20S. The summed E-state index contributed by atoms with van der Waals surface area (Å²) in [6, 6.07) is 7.42. The van der Waals surface area contributed by atoms with E-state index in [9.17, 15) is 68.7 Å². The average molecular weight is 1400 g/mol. The van der Waals surface area contributed by atoms with Gasteiger partial charge < -0.3 is 70.5 Å². The fourth-order valence-electron chi connectivity index (χ4n) is 11.4. The van der Waals surface area contributed by atoms with E-state index in [1.54, 1.807) is 24.3 Å². The number of hydrogen-bond donors (Lipinski definition) is 10. The zero-order valence-corrected chi connectivity index (χ0v) is 58.3. The summed E-state index contributed by atoms with van der Waals surface area (Å²) in [6.07, 6.45) is 1.58. The van der Waals surface area contributed by atoms with Gasteiger partial charge in [-0.25, -0.2) is 19.6 Å². The van der Waals surface area contributed by atoms with Gasteiger partial charge in [0.1, 0.15) is 60.1 Å². The highest BCUT2D eigenvalue weighted by Crippen LogP contribution is 2.34. The van der Waals surface area contributed by atoms with E-state index in [1.165, 1.54) is 49.4 Å². The SMILES string of the molecule is C#CCCCON(C(=O)[C@@H](NC(=O)[C@H]1CCCCN1C)[C@@H](C)CC)[C@H](C[C@@H](OC(C)=O)c1nc(C(=O)N[C@@H](Cc2ccc(NC(=O)OCc3ccc(O[C@@H]4O[C@H](C(=O)O)[C@@H](O)[C@H](O)[C@H]4O)c(C(=O)NCCNC(=O)COC4C#CCCCCC4)c3)cc2)CC(C)(C)C(=O)O)cs1)C(C)C. The second-order valence-corrected chi connectivity index (χ2v) is 26.9. The van der Waals surface area contributed by atoms with Crippen molar-refractivity contribution in [3.63, 3.8) is 0 Å². The molecule has 10 N–H and O–H groups in total. The molecule has 542 valence electrons. The van der Waals surface area contributed by atoms with Gasteiger partial charge in [0.25, 0.3) is 17.7 Å². The number of carbonyl (C=O) groups excluding carboxylic acids is 7. The van der Waals surface area contributed by atoms with E-state index in [2.05, 4.69) is 49.3 Å². The lowest BCUT2D eigenvalue weighted by molar-refractivity contribution is -0.271. The van der Waals surface area contributed by atoms with Crippen LogP contribution in [0.2, 0.25) is 0 Å². The van der Waals surface area contributed by atoms with Gasteiger partial charge in [-0.05, 0) is 126 Å². The van der Waals surface area contributed by atoms with E-state index < -0.39 is 121 Å². The minimum atomic E-state index is -2.02. The Morgan fingerprint density at radius 2 is 1.62 bits per heavy atom. The third-order valence-electron chi connectivity index (χ3n) is 17.4. The van der Waals surface area contributed by atoms with E-state index >= 15 is 0 Å². The zero-order valence-electron chi connectivity index (χ0n) is 57.5. The number of benzene rings is 2. The van der Waals surface area contributed by atoms with E-state index in [0.717, 1.165) is 56.4 Å². The highest BCUT2D eigenvalue weighted by atomic mass is 32.1. The number of thiazole rings is 1. The first kappa shape index (κ1) is 79.7. The first-order chi connectivity index (χ1) is 47.1. The number of carboxylic acids is 2. The normalized spacial score (nSPS) is 21.0. The van der Waals surface area contributed by atoms with Crippen molar-refractivity contribution >= 4 is 70.6 Å². The number of ether oxygens (including phenoxy) is 5. The smallest absolute Gasteiger partial charge is 0.411 e. The molecule has 12 atom stereocenters. The lowest BCUT2D eigenvalue weighted by Crippen LogP contribution is -2.61. The van der Waals surface area contributed by atoms with E-state index in [-0.39, 0.29) is 103 Å². The minimum Gasteiger partial charge on any atom is -0.481 e. The molecule has 2 saturated heterocycles. The van der Waals surface area contributed by atoms with Gasteiger partial charge >= 0.3 is 24.0 Å². The lowest BCUT2D eigenvalue weighted by atomic mass is 9.84. The van der Waals surface area contributed by atoms with Crippen molar-refractivity contribution in [2.24, 2.45) is 17.3 Å². The number of nitrogens with zero attached hydrogens (tertiary/aromatic N) is 3. The van der Waals surface area contributed by atoms with Crippen LogP contribution in [0, 0.1) is 41.4 Å². The lowest BCUT2D eigenvalue weighted by Gasteiger charge is -2.39. The molecule has 0 bridgehead atoms. The topological polar surface area (TPSA) is 390 Å². The predicted molar refractivity (Wildman–Crippen MR) is 361 cm³/mol. The number of rotatable bonds is 35. The number of amides is 6. The molecule has 6 rings (SSSR count). The van der Waals surface area contributed by atoms with Crippen molar-refractivity contribution in [1.82, 2.24) is 36.2 Å². The van der Waals surface area contributed by atoms with Crippen LogP contribution in [0.5, 0.6) is 5.75 Å². The number of hydrogen-bond acceptors (Lipinski definition) is 21. The van der Waals surface area contributed by atoms with Crippen LogP contribution in [0.15, 0.2) is 47.8 Å². The monoisotopic (exact) mass is 1400 g/mol. The molecule has 29 heteroatoms. The molecular weight excluding hydrogens is 1300 g/mol. The van der Waals surface area contributed by atoms with Crippen molar-refractivity contribution in [3.05, 3.63) is 75.2 Å². The first-order valence-corrected chi connectivity index (χ1v) is 34.5. The fourth-order valence-corrected chi connectivity index (χ4v) is 12.2. The maximum Gasteiger partial charge on any atom is 0.411 e. The maximum atomic E-state index is 14.9. The standard InChI is InChI=1S/C70H96N8O20S/c1-10-12-20-33-95-78(65(87)56(42(5)11-2)76-63(86)51-23-18-19-32-77(51)9)52(41(3)4)36-54(96-43(6)79)64-75-50(40-99-64)62(85)73-47(37-70(7,8)68(90)91)34-44-24-27-46(28-25-44)74-69(92)94-38-45-26-29-53(97-67-59(83)57(81)58(82)60(98-67)66(88)89)49(35-45)61(84)72-31-30-71-55(80)39-93-48-21-16-14-13-15-17-22-48/h1,24-29,35,40-42,47-48,51-52,54,56-60,67,81-83H,11-16,18-21,23,30-34,36-39H2,2-9H3,(H,71,80)(H,72,84)(H,73,85)(H,74,92)(H,76,86)(H,88,89)(H,90,91)/t42-,47-,48?,51+,52+,54+,56-,57-,58-,59+,60-,67+/m0/s1. The Morgan fingerprint density at radius 1 is 0.899 bits per heavy atom. The van der Waals surface area contributed by atoms with Crippen LogP contribution in [0.1, 0.15) is 175 Å². The van der Waals surface area contributed by atoms with Gasteiger partial charge in [-0.15, -0.1) is 29.6 Å². The maximum absolute atomic E-state index is 14.9. The molecule has 2 aromatic carbocycles. The largest absolute Gasteiger partial charge is 0.481 e. The van der Waals surface area contributed by atoms with Crippen LogP contribution in [-0.2, 0) is 65.6 Å². The number of anilines is 1. The predicted octanol–water partition coefficient (Wildman–Crippen LogP) is 5.41. The van der Waals surface area contributed by atoms with E-state index in [4.69, 9.17) is 34.9 Å². The van der Waals surface area contributed by atoms with Gasteiger partial charge in [0.2, 0.25) is 18.1 Å². The molecule has 3 heterocycles. The number of piperidine rings is 1. The third kappa shape index (κ3) is 24.3. The van der Waals surface area contributed by atoms with Crippen LogP contribution in [0.4, 0.5) is 10.5 Å². The number of esters is 1. The number of nitrogens with one attached hydrogen (secondary N) is 5. The summed E-state index contributed by atoms with van der Waals surface area (Å²) in [6.45, 7) is 11.9. The highest BCUT2D eigenvalue weighted by molar-refractivity contribution is 7.09. The molecule has 3 aliphatic rings. The fraction of sp³-hybridized carbons (Fsp3) is 0.600. The van der Waals surface area contributed by atoms with Crippen molar-refractivity contribution in [1.29, 1.82) is 0 Å². The van der Waals surface area contributed by atoms with Gasteiger partial charge in [-0.2, -0.15) is 0 Å². The quantitative estimate of drug-likeness (QED) is 0.0152. The molecule has 3 aromatic rings. The number of likely N-dealkylation sites (N-methyl/N-ethyl adjacent to an activating group) is 1. The summed E-state index contributed by atoms with van der Waals surface area (Å²) < 4.78 is 28.1. The van der Waals surface area contributed by atoms with Crippen molar-refractivity contribution in [2.75, 3.05) is 45.2 Å². The number of aliphatic carboxylic acids is 2. The molecule has 99 heavy (non-hydrogen) atoms. The number of aromatic nitrogens is 1. The van der Waals surface area contributed by atoms with Gasteiger partial charge in [0.05, 0.1) is 29.7 Å². The van der Waals surface area contributed by atoms with Crippen LogP contribution < -0.4 is 31.3 Å². The average Bonchev–Trinajstić information content (AvgIpc) is 0.900. The number of terminal acetylenes is 1. The van der Waals surface area contributed by atoms with Crippen LogP contribution in [0.25, 0.3) is 0 Å². The molecule has 2 fully saturated rings. The van der Waals surface area contributed by atoms with Crippen LogP contribution >= 0.6 is 11.3 Å². The number of carbonyl (C=O) groups is 9. The minimum absolute atomic E-state index is 0.0204. The van der Waals surface area contributed by atoms with Crippen molar-refractivity contribution in [2.45, 2.75) is 212 Å². The summed E-state index contributed by atoms with van der Waals surface area (Å²) >= 11 is 1.05. The second kappa shape index (κ2) is 38.9. The highest BCUT2D eigenvalue weighted by Gasteiger charge is 2.49. The van der Waals surface area contributed by atoms with Crippen molar-refractivity contribution < 1.29 is 97.2 Å². The Morgan fingerprint density at radius 3 is 2.29 bits per heavy atom. The third-order valence-corrected chi connectivity index (χ3v) is 18.3. The van der Waals surface area contributed by atoms with Gasteiger partial charge in [-0.1, -0.05) is 71.1 Å². The Labute approximate surface area is 581 Å². The molecule has 0 spiro atoms. The van der Waals surface area contributed by atoms with E-state index in [1.807, 2.05) is 39.6 Å². The molecule has 6 amide bonds. The van der Waals surface area contributed by atoms with Gasteiger partial charge in [-0.3, -0.25) is 48.6 Å². The Balaban J connectivity index is 1.13. The van der Waals surface area contributed by atoms with E-state index in [0.29, 0.717) is 37.7 Å². The van der Waals surface area contributed by atoms with Gasteiger partial charge in [0.15, 0.2) is 12.2 Å². The summed E-state index contributed by atoms with van der Waals surface area (Å²) in [5.41, 5.74) is -0.470. The Hall–Kier alpha value is -8.26. The number of likely N-dealkylation sites (tertiary alicyclic amines) is 1. The Bertz CT molecular complexity index is 3350. The number of aliphatic hydroxyl groups excluding tert-OH is 3. The number of carboxylic acid groups (broad SMARTS) is 2. The van der Waals surface area contributed by atoms with Gasteiger partial charge in [0, 0.05) is 56.4 Å². The molecule has 2 aliphatic heterocycles. The number of hydroxylamine groups is 2. The number of unbranched alkanes of at least 4 members (excludes halogenated alkanes) is 1. The molecule has 0 radical (unpaired) electrons. The van der Waals surface area contributed by atoms with Crippen LogP contribution in [-0.4, -0.2) is 195 Å². The first-order valence-electron chi connectivity index (χ1n) is 33.6. The molecule has 1 aliphatic carbocycles. The number of aliphatic hydroxyl groups is 3. The summed E-state index contributed by atoms with van der Waals surface area (Å²) in [5, 5.41) is 68.1. The van der Waals surface area contributed by atoms with Crippen molar-refractivity contribution in [3.8, 4) is 29.9 Å². The Kier molecular flexibility index (Phi) is 31.3. The summed E-state index contributed by atoms with van der Waals surface area (Å²) in [5.74, 6) is 1.71. The molecule has 28 nitrogen and oxygen atoms in total. The molecule has 0 saturated carbocycles.